The lowest BCUT2D eigenvalue weighted by molar-refractivity contribution is -0.113. The lowest BCUT2D eigenvalue weighted by Crippen LogP contribution is -2.19. The Morgan fingerprint density at radius 3 is 2.78 bits per heavy atom. The molecule has 1 aliphatic rings. The first-order valence-electron chi connectivity index (χ1n) is 5.95. The molecule has 0 aromatic heterocycles. The molecule has 1 aromatic rings. The molecule has 1 amide bonds. The Morgan fingerprint density at radius 1 is 1.39 bits per heavy atom. The summed E-state index contributed by atoms with van der Waals surface area (Å²) in [5.74, 6) is 0.561. The fourth-order valence-corrected chi connectivity index (χ4v) is 2.63. The number of ketones is 1. The van der Waals surface area contributed by atoms with Crippen molar-refractivity contribution in [2.45, 2.75) is 32.1 Å². The van der Waals surface area contributed by atoms with Crippen LogP contribution in [-0.4, -0.2) is 17.4 Å². The normalized spacial score (nSPS) is 14.9. The van der Waals surface area contributed by atoms with Gasteiger partial charge in [0.05, 0.1) is 11.4 Å². The van der Waals surface area contributed by atoms with Crippen LogP contribution in [0.5, 0.6) is 0 Å². The van der Waals surface area contributed by atoms with Crippen LogP contribution in [0.2, 0.25) is 0 Å². The Hall–Kier alpha value is -1.29. The summed E-state index contributed by atoms with van der Waals surface area (Å²) in [5.41, 5.74) is 1.41. The first kappa shape index (κ1) is 13.1. The SMILES string of the molecule is CC(C)(C)CC(=O)c1ccc2c(c1)NC(=O)CS2. The summed E-state index contributed by atoms with van der Waals surface area (Å²) in [7, 11) is 0. The summed E-state index contributed by atoms with van der Waals surface area (Å²) in [6, 6.07) is 5.54. The van der Waals surface area contributed by atoms with Crippen LogP contribution in [-0.2, 0) is 4.79 Å². The van der Waals surface area contributed by atoms with Gasteiger partial charge in [-0.15, -0.1) is 11.8 Å². The molecule has 0 aliphatic carbocycles. The average Bonchev–Trinajstić information content (AvgIpc) is 2.25. The predicted molar refractivity (Wildman–Crippen MR) is 74.2 cm³/mol. The Labute approximate surface area is 111 Å². The van der Waals surface area contributed by atoms with Crippen LogP contribution in [0.25, 0.3) is 0 Å². The molecule has 0 bridgehead atoms. The summed E-state index contributed by atoms with van der Waals surface area (Å²) in [6.07, 6.45) is 0.507. The number of anilines is 1. The Kier molecular flexibility index (Phi) is 3.48. The van der Waals surface area contributed by atoms with Crippen LogP contribution in [0, 0.1) is 5.41 Å². The molecular formula is C14H17NO2S. The minimum atomic E-state index is -0.0228. The second kappa shape index (κ2) is 4.76. The summed E-state index contributed by atoms with van der Waals surface area (Å²) >= 11 is 1.51. The van der Waals surface area contributed by atoms with Crippen molar-refractivity contribution in [1.29, 1.82) is 0 Å². The highest BCUT2D eigenvalue weighted by Gasteiger charge is 2.20. The number of hydrogen-bond acceptors (Lipinski definition) is 3. The lowest BCUT2D eigenvalue weighted by atomic mass is 9.88. The van der Waals surface area contributed by atoms with Gasteiger partial charge in [0, 0.05) is 16.9 Å². The second-order valence-electron chi connectivity index (χ2n) is 5.71. The number of carbonyl (C=O) groups excluding carboxylic acids is 2. The van der Waals surface area contributed by atoms with E-state index in [1.54, 1.807) is 6.07 Å². The van der Waals surface area contributed by atoms with E-state index in [1.807, 2.05) is 32.9 Å². The molecule has 4 heteroatoms. The third kappa shape index (κ3) is 3.13. The van der Waals surface area contributed by atoms with Gasteiger partial charge >= 0.3 is 0 Å². The molecule has 2 rings (SSSR count). The van der Waals surface area contributed by atoms with Crippen molar-refractivity contribution < 1.29 is 9.59 Å². The van der Waals surface area contributed by atoms with Gasteiger partial charge < -0.3 is 5.32 Å². The number of hydrogen-bond donors (Lipinski definition) is 1. The Morgan fingerprint density at radius 2 is 2.11 bits per heavy atom. The zero-order valence-corrected chi connectivity index (χ0v) is 11.7. The highest BCUT2D eigenvalue weighted by atomic mass is 32.2. The van der Waals surface area contributed by atoms with E-state index in [-0.39, 0.29) is 17.1 Å². The molecule has 0 atom stereocenters. The molecule has 1 aliphatic heterocycles. The van der Waals surface area contributed by atoms with Crippen molar-refractivity contribution in [3.05, 3.63) is 23.8 Å². The van der Waals surface area contributed by atoms with E-state index in [1.165, 1.54) is 11.8 Å². The topological polar surface area (TPSA) is 46.2 Å². The second-order valence-corrected chi connectivity index (χ2v) is 6.73. The Balaban J connectivity index is 2.23. The largest absolute Gasteiger partial charge is 0.324 e. The molecule has 0 spiro atoms. The van der Waals surface area contributed by atoms with Crippen LogP contribution in [0.4, 0.5) is 5.69 Å². The first-order chi connectivity index (χ1) is 8.35. The molecular weight excluding hydrogens is 246 g/mol. The van der Waals surface area contributed by atoms with Gasteiger partial charge in [-0.3, -0.25) is 9.59 Å². The van der Waals surface area contributed by atoms with Crippen molar-refractivity contribution in [3.63, 3.8) is 0 Å². The van der Waals surface area contributed by atoms with Crippen LogP contribution < -0.4 is 5.32 Å². The van der Waals surface area contributed by atoms with Gasteiger partial charge in [-0.05, 0) is 17.5 Å². The van der Waals surface area contributed by atoms with Gasteiger partial charge in [0.15, 0.2) is 5.78 Å². The van der Waals surface area contributed by atoms with E-state index in [0.29, 0.717) is 17.7 Å². The smallest absolute Gasteiger partial charge is 0.234 e. The monoisotopic (exact) mass is 263 g/mol. The third-order valence-electron chi connectivity index (χ3n) is 2.63. The van der Waals surface area contributed by atoms with Crippen molar-refractivity contribution in [2.24, 2.45) is 5.41 Å². The predicted octanol–water partition coefficient (Wildman–Crippen LogP) is 3.35. The summed E-state index contributed by atoms with van der Waals surface area (Å²) in [6.45, 7) is 6.13. The van der Waals surface area contributed by atoms with Crippen LogP contribution in [0.15, 0.2) is 23.1 Å². The number of benzene rings is 1. The zero-order chi connectivity index (χ0) is 13.3. The molecule has 0 saturated heterocycles. The van der Waals surface area contributed by atoms with Crippen LogP contribution in [0.1, 0.15) is 37.6 Å². The van der Waals surface area contributed by atoms with Gasteiger partial charge in [-0.2, -0.15) is 0 Å². The minimum Gasteiger partial charge on any atom is -0.324 e. The van der Waals surface area contributed by atoms with E-state index in [9.17, 15) is 9.59 Å². The molecule has 3 nitrogen and oxygen atoms in total. The highest BCUT2D eigenvalue weighted by Crippen LogP contribution is 2.33. The number of nitrogens with one attached hydrogen (secondary N) is 1. The van der Waals surface area contributed by atoms with E-state index < -0.39 is 0 Å². The third-order valence-corrected chi connectivity index (χ3v) is 3.70. The number of amides is 1. The van der Waals surface area contributed by atoms with Gasteiger partial charge in [0.1, 0.15) is 0 Å². The maximum atomic E-state index is 12.1. The van der Waals surface area contributed by atoms with Crippen LogP contribution in [0.3, 0.4) is 0 Å². The number of thioether (sulfide) groups is 1. The fraction of sp³-hybridized carbons (Fsp3) is 0.429. The quantitative estimate of drug-likeness (QED) is 0.832. The number of rotatable bonds is 2. The van der Waals surface area contributed by atoms with E-state index in [0.717, 1.165) is 10.6 Å². The molecule has 1 aromatic carbocycles. The number of carbonyl (C=O) groups is 2. The average molecular weight is 263 g/mol. The minimum absolute atomic E-state index is 0.00656. The standard InChI is InChI=1S/C14H17NO2S/c1-14(2,3)7-11(16)9-4-5-12-10(6-9)15-13(17)8-18-12/h4-6H,7-8H2,1-3H3,(H,15,17). The molecule has 96 valence electrons. The van der Waals surface area contributed by atoms with Gasteiger partial charge in [-0.1, -0.05) is 26.8 Å². The van der Waals surface area contributed by atoms with E-state index >= 15 is 0 Å². The van der Waals surface area contributed by atoms with Gasteiger partial charge in [0.25, 0.3) is 0 Å². The summed E-state index contributed by atoms with van der Waals surface area (Å²) < 4.78 is 0. The number of fused-ring (bicyclic) bond motifs is 1. The molecule has 18 heavy (non-hydrogen) atoms. The molecule has 0 radical (unpaired) electrons. The van der Waals surface area contributed by atoms with Crippen LogP contribution >= 0.6 is 11.8 Å². The van der Waals surface area contributed by atoms with Crippen molar-refractivity contribution in [1.82, 2.24) is 0 Å². The van der Waals surface area contributed by atoms with E-state index in [4.69, 9.17) is 0 Å². The highest BCUT2D eigenvalue weighted by molar-refractivity contribution is 8.00. The van der Waals surface area contributed by atoms with Crippen molar-refractivity contribution in [3.8, 4) is 0 Å². The maximum Gasteiger partial charge on any atom is 0.234 e. The molecule has 0 saturated carbocycles. The maximum absolute atomic E-state index is 12.1. The van der Waals surface area contributed by atoms with Crippen molar-refractivity contribution >= 4 is 29.1 Å². The van der Waals surface area contributed by atoms with Gasteiger partial charge in [-0.25, -0.2) is 0 Å². The van der Waals surface area contributed by atoms with Gasteiger partial charge in [0.2, 0.25) is 5.91 Å². The zero-order valence-electron chi connectivity index (χ0n) is 10.9. The summed E-state index contributed by atoms with van der Waals surface area (Å²) in [4.78, 5) is 24.5. The molecule has 0 fully saturated rings. The number of Topliss-reactive ketones (excluding diaryl/α,β-unsaturated/α-hetero) is 1. The van der Waals surface area contributed by atoms with E-state index in [2.05, 4.69) is 5.32 Å². The summed E-state index contributed by atoms with van der Waals surface area (Å²) in [5, 5.41) is 2.81. The Bertz CT molecular complexity index is 503. The lowest BCUT2D eigenvalue weighted by Gasteiger charge is -2.19. The molecule has 1 N–H and O–H groups in total. The van der Waals surface area contributed by atoms with Crippen molar-refractivity contribution in [2.75, 3.05) is 11.1 Å². The molecule has 1 heterocycles. The fourth-order valence-electron chi connectivity index (χ4n) is 1.84. The molecule has 0 unspecified atom stereocenters. The first-order valence-corrected chi connectivity index (χ1v) is 6.94.